The van der Waals surface area contributed by atoms with Gasteiger partial charge in [0, 0.05) is 6.26 Å². The second-order valence-corrected chi connectivity index (χ2v) is 11.3. The summed E-state index contributed by atoms with van der Waals surface area (Å²) >= 11 is 7.15. The standard InChI is InChI=1S/C23H21ClN4O6S2/c1-13-5-4-6-15(9-13)33-7-8-34-19-17(24)11-14(12-18(19)32-2)10-16-20(25)28-22(26-21(16)29)35-23(27-28)36(3,30)31/h4-6,9-12,25H,7-8H2,1-3H3/b16-10+,25-20?. The van der Waals surface area contributed by atoms with Crippen LogP contribution < -0.4 is 14.2 Å². The smallest absolute Gasteiger partial charge is 0.283 e. The van der Waals surface area contributed by atoms with Crippen molar-refractivity contribution < 1.29 is 27.4 Å². The molecule has 0 bridgehead atoms. The molecule has 1 amide bonds. The number of amides is 1. The van der Waals surface area contributed by atoms with Crippen LogP contribution in [0.15, 0.2) is 52.1 Å². The summed E-state index contributed by atoms with van der Waals surface area (Å²) in [7, 11) is -2.17. The molecule has 4 rings (SSSR count). The molecule has 188 valence electrons. The number of hydrogen-bond acceptors (Lipinski definition) is 9. The van der Waals surface area contributed by atoms with Crippen molar-refractivity contribution in [2.45, 2.75) is 6.92 Å². The van der Waals surface area contributed by atoms with E-state index >= 15 is 0 Å². The van der Waals surface area contributed by atoms with E-state index in [2.05, 4.69) is 10.1 Å². The Morgan fingerprint density at radius 1 is 1.19 bits per heavy atom. The van der Waals surface area contributed by atoms with Crippen molar-refractivity contribution in [3.8, 4) is 17.2 Å². The molecule has 0 atom stereocenters. The van der Waals surface area contributed by atoms with Crippen LogP contribution in [0.4, 0.5) is 0 Å². The van der Waals surface area contributed by atoms with Gasteiger partial charge in [0.1, 0.15) is 19.0 Å². The van der Waals surface area contributed by atoms with Crippen LogP contribution in [0.3, 0.4) is 0 Å². The number of fused-ring (bicyclic) bond motifs is 1. The number of rotatable bonds is 7. The van der Waals surface area contributed by atoms with Gasteiger partial charge in [-0.1, -0.05) is 23.7 Å². The number of amidine groups is 2. The zero-order valence-corrected chi connectivity index (χ0v) is 21.8. The molecule has 0 fully saturated rings. The van der Waals surface area contributed by atoms with Crippen LogP contribution >= 0.6 is 23.4 Å². The van der Waals surface area contributed by atoms with Gasteiger partial charge in [-0.05, 0) is 60.2 Å². The summed E-state index contributed by atoms with van der Waals surface area (Å²) in [5.74, 6) is 0.344. The molecule has 2 heterocycles. The Kier molecular flexibility index (Phi) is 7.38. The van der Waals surface area contributed by atoms with Gasteiger partial charge in [-0.3, -0.25) is 10.2 Å². The molecular weight excluding hydrogens is 528 g/mol. The lowest BCUT2D eigenvalue weighted by molar-refractivity contribution is -0.114. The Morgan fingerprint density at radius 2 is 1.94 bits per heavy atom. The SMILES string of the molecule is COc1cc(/C=C2\C(=N)N3N=C(S(C)(=O)=O)SC3=NC2=O)cc(Cl)c1OCCOc1cccc(C)c1. The number of nitrogens with zero attached hydrogens (tertiary/aromatic N) is 3. The number of sulfone groups is 1. The number of methoxy groups -OCH3 is 1. The first-order chi connectivity index (χ1) is 17.1. The maximum Gasteiger partial charge on any atom is 0.283 e. The predicted octanol–water partition coefficient (Wildman–Crippen LogP) is 3.74. The Morgan fingerprint density at radius 3 is 2.64 bits per heavy atom. The molecule has 2 aromatic rings. The van der Waals surface area contributed by atoms with Gasteiger partial charge in [0.15, 0.2) is 17.3 Å². The molecule has 2 aliphatic heterocycles. The highest BCUT2D eigenvalue weighted by Crippen LogP contribution is 2.38. The molecular formula is C23H21ClN4O6S2. The summed E-state index contributed by atoms with van der Waals surface area (Å²) in [5.41, 5.74) is 1.45. The summed E-state index contributed by atoms with van der Waals surface area (Å²) in [4.78, 5) is 16.5. The number of benzene rings is 2. The summed E-state index contributed by atoms with van der Waals surface area (Å²) < 4.78 is 40.3. The Labute approximate surface area is 217 Å². The maximum atomic E-state index is 12.6. The third kappa shape index (κ3) is 5.55. The van der Waals surface area contributed by atoms with Gasteiger partial charge in [-0.25, -0.2) is 8.42 Å². The summed E-state index contributed by atoms with van der Waals surface area (Å²) in [5, 5.41) is 13.5. The highest BCUT2D eigenvalue weighted by atomic mass is 35.5. The van der Waals surface area contributed by atoms with Crippen molar-refractivity contribution in [1.82, 2.24) is 5.01 Å². The number of hydrazone groups is 1. The van der Waals surface area contributed by atoms with Crippen molar-refractivity contribution >= 4 is 60.6 Å². The molecule has 0 saturated heterocycles. The van der Waals surface area contributed by atoms with Crippen LogP contribution in [-0.2, 0) is 14.6 Å². The highest BCUT2D eigenvalue weighted by Gasteiger charge is 2.38. The average Bonchev–Trinajstić information content (AvgIpc) is 3.25. The average molecular weight is 549 g/mol. The third-order valence-corrected chi connectivity index (χ3v) is 7.76. The number of carbonyl (C=O) groups is 1. The first kappa shape index (κ1) is 25.7. The fourth-order valence-corrected chi connectivity index (χ4v) is 5.22. The quantitative estimate of drug-likeness (QED) is 0.409. The highest BCUT2D eigenvalue weighted by molar-refractivity contribution is 8.42. The van der Waals surface area contributed by atoms with E-state index in [0.29, 0.717) is 17.1 Å². The second-order valence-electron chi connectivity index (χ2n) is 7.71. The molecule has 2 aliphatic rings. The topological polar surface area (TPSA) is 131 Å². The van der Waals surface area contributed by atoms with E-state index < -0.39 is 15.7 Å². The summed E-state index contributed by atoms with van der Waals surface area (Å²) in [6, 6.07) is 10.8. The fraction of sp³-hybridized carbons (Fsp3) is 0.217. The van der Waals surface area contributed by atoms with Crippen molar-refractivity contribution in [1.29, 1.82) is 5.41 Å². The molecule has 0 spiro atoms. The molecule has 13 heteroatoms. The zero-order valence-electron chi connectivity index (χ0n) is 19.4. The number of nitrogens with one attached hydrogen (secondary N) is 1. The van der Waals surface area contributed by atoms with Crippen LogP contribution in [0.1, 0.15) is 11.1 Å². The summed E-state index contributed by atoms with van der Waals surface area (Å²) in [6.45, 7) is 2.46. The van der Waals surface area contributed by atoms with Crippen molar-refractivity contribution in [2.24, 2.45) is 10.1 Å². The molecule has 0 unspecified atom stereocenters. The number of hydrogen-bond donors (Lipinski definition) is 1. The number of aliphatic imine (C=N–C) groups is 1. The molecule has 36 heavy (non-hydrogen) atoms. The number of carbonyl (C=O) groups excluding carboxylic acids is 1. The monoisotopic (exact) mass is 548 g/mol. The van der Waals surface area contributed by atoms with Gasteiger partial charge >= 0.3 is 0 Å². The maximum absolute atomic E-state index is 12.6. The molecule has 0 aliphatic carbocycles. The molecule has 0 aromatic heterocycles. The van der Waals surface area contributed by atoms with E-state index in [1.807, 2.05) is 31.2 Å². The van der Waals surface area contributed by atoms with Crippen molar-refractivity contribution in [2.75, 3.05) is 26.6 Å². The van der Waals surface area contributed by atoms with Gasteiger partial charge in [-0.15, -0.1) is 5.10 Å². The minimum Gasteiger partial charge on any atom is -0.493 e. The second kappa shape index (κ2) is 10.3. The summed E-state index contributed by atoms with van der Waals surface area (Å²) in [6.07, 6.45) is 2.40. The lowest BCUT2D eigenvalue weighted by atomic mass is 10.1. The van der Waals surface area contributed by atoms with E-state index in [0.717, 1.165) is 34.3 Å². The van der Waals surface area contributed by atoms with Crippen LogP contribution in [0.5, 0.6) is 17.2 Å². The van der Waals surface area contributed by atoms with E-state index in [-0.39, 0.29) is 39.2 Å². The number of halogens is 1. The van der Waals surface area contributed by atoms with Crippen LogP contribution in [0, 0.1) is 12.3 Å². The zero-order chi connectivity index (χ0) is 26.0. The first-order valence-electron chi connectivity index (χ1n) is 10.5. The minimum atomic E-state index is -3.62. The molecule has 1 N–H and O–H groups in total. The van der Waals surface area contributed by atoms with Gasteiger partial charge in [0.2, 0.25) is 19.4 Å². The number of aryl methyl sites for hydroxylation is 1. The van der Waals surface area contributed by atoms with Gasteiger partial charge in [-0.2, -0.15) is 10.0 Å². The first-order valence-corrected chi connectivity index (χ1v) is 13.6. The lowest BCUT2D eigenvalue weighted by Gasteiger charge is -2.20. The Hall–Kier alpha value is -3.35. The number of ether oxygens (including phenoxy) is 3. The van der Waals surface area contributed by atoms with E-state index in [4.69, 9.17) is 31.2 Å². The molecule has 0 saturated carbocycles. The molecule has 0 radical (unpaired) electrons. The Bertz CT molecular complexity index is 1450. The van der Waals surface area contributed by atoms with E-state index in [9.17, 15) is 13.2 Å². The van der Waals surface area contributed by atoms with Gasteiger partial charge < -0.3 is 14.2 Å². The normalized spacial score (nSPS) is 16.6. The van der Waals surface area contributed by atoms with E-state index in [1.54, 1.807) is 12.1 Å². The fourth-order valence-electron chi connectivity index (χ4n) is 3.26. The largest absolute Gasteiger partial charge is 0.493 e. The van der Waals surface area contributed by atoms with Gasteiger partial charge in [0.05, 0.1) is 17.7 Å². The minimum absolute atomic E-state index is 0.00909. The van der Waals surface area contributed by atoms with Crippen LogP contribution in [0.25, 0.3) is 6.08 Å². The van der Waals surface area contributed by atoms with Crippen LogP contribution in [0.2, 0.25) is 5.02 Å². The molecule has 2 aromatic carbocycles. The van der Waals surface area contributed by atoms with Gasteiger partial charge in [0.25, 0.3) is 5.91 Å². The van der Waals surface area contributed by atoms with Crippen LogP contribution in [-0.4, -0.2) is 61.3 Å². The molecule has 10 nitrogen and oxygen atoms in total. The van der Waals surface area contributed by atoms with Crippen molar-refractivity contribution in [3.63, 3.8) is 0 Å². The van der Waals surface area contributed by atoms with Crippen molar-refractivity contribution in [3.05, 3.63) is 58.1 Å². The Balaban J connectivity index is 1.51. The van der Waals surface area contributed by atoms with E-state index in [1.165, 1.54) is 13.2 Å². The predicted molar refractivity (Wildman–Crippen MR) is 140 cm³/mol. The lowest BCUT2D eigenvalue weighted by Crippen LogP contribution is -2.35. The number of thioether (sulfide) groups is 1. The third-order valence-electron chi connectivity index (χ3n) is 4.90.